The fourth-order valence-electron chi connectivity index (χ4n) is 12.9. The van der Waals surface area contributed by atoms with Crippen molar-refractivity contribution in [3.05, 3.63) is 172 Å². The Balaban J connectivity index is 0.648. The number of benzene rings is 4. The molecule has 12 rings (SSSR count). The number of ether oxygens (including phenoxy) is 3. The Bertz CT molecular complexity index is 3120. The molecule has 6 fully saturated rings. The van der Waals surface area contributed by atoms with Crippen LogP contribution in [-0.2, 0) is 40.6 Å². The second kappa shape index (κ2) is 26.7. The number of piperidine rings is 2. The zero-order valence-corrected chi connectivity index (χ0v) is 52.5. The molecule has 2 aliphatic carbocycles. The fraction of sp³-hybridized carbons (Fsp3) is 0.455. The van der Waals surface area contributed by atoms with Crippen LogP contribution in [0.5, 0.6) is 11.5 Å². The third-order valence-electron chi connectivity index (χ3n) is 17.8. The quantitative estimate of drug-likeness (QED) is 0.0759. The van der Waals surface area contributed by atoms with E-state index < -0.39 is 0 Å². The lowest BCUT2D eigenvalue weighted by atomic mass is 9.80. The van der Waals surface area contributed by atoms with Gasteiger partial charge in [0.25, 0.3) is 0 Å². The lowest BCUT2D eigenvalue weighted by molar-refractivity contribution is -0.138. The largest absolute Gasteiger partial charge is 0.485 e. The van der Waals surface area contributed by atoms with E-state index in [2.05, 4.69) is 66.6 Å². The summed E-state index contributed by atoms with van der Waals surface area (Å²) in [7, 11) is 0. The number of carbonyl (C=O) groups is 2. The molecule has 85 heavy (non-hydrogen) atoms. The Morgan fingerprint density at radius 2 is 0.941 bits per heavy atom. The van der Waals surface area contributed by atoms with E-state index >= 15 is 0 Å². The molecule has 6 atom stereocenters. The van der Waals surface area contributed by atoms with Gasteiger partial charge in [0.15, 0.2) is 11.5 Å². The van der Waals surface area contributed by atoms with Gasteiger partial charge in [-0.3, -0.25) is 9.59 Å². The summed E-state index contributed by atoms with van der Waals surface area (Å²) < 4.78 is 19.0. The molecular weight excluding hydrogens is 1200 g/mol. The number of halogens is 6. The molecule has 2 aromatic heterocycles. The second-order valence-electron chi connectivity index (χ2n) is 24.1. The maximum Gasteiger partial charge on any atom is 0.228 e. The number of aromatic nitrogens is 2. The third-order valence-corrected chi connectivity index (χ3v) is 19.6. The molecule has 13 nitrogen and oxygen atoms in total. The number of hydrogen-bond donors (Lipinski definition) is 2. The van der Waals surface area contributed by atoms with Crippen LogP contribution in [0.3, 0.4) is 0 Å². The Labute approximate surface area is 528 Å². The van der Waals surface area contributed by atoms with Crippen molar-refractivity contribution in [2.75, 3.05) is 62.2 Å². The standard InChI is InChI=1S/C66H72Cl6N8O5/c1-39-23-57(69)63(58(70)24-39)84-49-17-21-77(35-49)61-13-5-43(29-75-61)51-15-19-73-31-53(51)65(81)79(47-7-8-47)33-45-27-41(3-11-55(45)67)37-83-38-42-4-12-56(68)46(28-42)34-80(48-9-10-48)66(82)54-32-74-20-16-52(54)44-6-14-62(76-30-44)78-22-18-50(36-78)85-64-59(71)25-40(2)26-60(64)72/h3-6,11-14,23-30,47-54,73-74H,7-10,15-22,31-38H2,1-2H3/t49-,50-,51-,52-,53+,54+/m1/s1. The van der Waals surface area contributed by atoms with Gasteiger partial charge in [-0.25, -0.2) is 9.97 Å². The van der Waals surface area contributed by atoms with Gasteiger partial charge in [0, 0.05) is 86.6 Å². The number of hydrogen-bond acceptors (Lipinski definition) is 11. The Morgan fingerprint density at radius 3 is 1.32 bits per heavy atom. The first-order chi connectivity index (χ1) is 41.2. The van der Waals surface area contributed by atoms with Crippen LogP contribution in [-0.4, -0.2) is 108 Å². The van der Waals surface area contributed by atoms with Gasteiger partial charge in [0.2, 0.25) is 11.8 Å². The van der Waals surface area contributed by atoms with Crippen LogP contribution in [0, 0.1) is 25.7 Å². The monoisotopic (exact) mass is 1270 g/mol. The van der Waals surface area contributed by atoms with E-state index in [1.165, 1.54) is 0 Å². The first kappa shape index (κ1) is 60.2. The molecule has 6 heterocycles. The summed E-state index contributed by atoms with van der Waals surface area (Å²) in [4.78, 5) is 48.0. The van der Waals surface area contributed by atoms with Crippen LogP contribution in [0.15, 0.2) is 97.3 Å². The molecule has 0 bridgehead atoms. The highest BCUT2D eigenvalue weighted by Gasteiger charge is 2.43. The van der Waals surface area contributed by atoms with E-state index in [9.17, 15) is 9.59 Å². The second-order valence-corrected chi connectivity index (χ2v) is 26.6. The number of pyridine rings is 2. The molecule has 4 aliphatic heterocycles. The van der Waals surface area contributed by atoms with E-state index in [1.54, 1.807) is 0 Å². The van der Waals surface area contributed by atoms with Crippen LogP contribution in [0.4, 0.5) is 11.6 Å². The van der Waals surface area contributed by atoms with Crippen LogP contribution in [0.1, 0.15) is 108 Å². The molecule has 4 saturated heterocycles. The van der Waals surface area contributed by atoms with Gasteiger partial charge in [0.1, 0.15) is 23.8 Å². The molecule has 0 radical (unpaired) electrons. The zero-order valence-electron chi connectivity index (χ0n) is 48.0. The zero-order chi connectivity index (χ0) is 58.9. The van der Waals surface area contributed by atoms with Crippen LogP contribution in [0.25, 0.3) is 0 Å². The van der Waals surface area contributed by atoms with Gasteiger partial charge in [-0.2, -0.15) is 0 Å². The predicted molar refractivity (Wildman–Crippen MR) is 339 cm³/mol. The summed E-state index contributed by atoms with van der Waals surface area (Å²) in [5.41, 5.74) is 7.84. The Morgan fingerprint density at radius 1 is 0.529 bits per heavy atom. The summed E-state index contributed by atoms with van der Waals surface area (Å²) in [5.74, 6) is 2.65. The normalized spacial score (nSPS) is 22.4. The van der Waals surface area contributed by atoms with Crippen molar-refractivity contribution in [1.82, 2.24) is 30.4 Å². The molecule has 4 aromatic carbocycles. The number of anilines is 2. The smallest absolute Gasteiger partial charge is 0.228 e. The van der Waals surface area contributed by atoms with E-state index in [4.69, 9.17) is 93.8 Å². The summed E-state index contributed by atoms with van der Waals surface area (Å²) in [6, 6.07) is 28.2. The van der Waals surface area contributed by atoms with Crippen LogP contribution >= 0.6 is 69.6 Å². The Hall–Kier alpha value is -5.06. The van der Waals surface area contributed by atoms with E-state index in [1.807, 2.05) is 74.8 Å². The fourth-order valence-corrected chi connectivity index (χ4v) is 14.7. The highest BCUT2D eigenvalue weighted by molar-refractivity contribution is 6.38. The molecule has 6 aromatic rings. The minimum absolute atomic E-state index is 0.0246. The van der Waals surface area contributed by atoms with Gasteiger partial charge in [-0.1, -0.05) is 106 Å². The van der Waals surface area contributed by atoms with Crippen molar-refractivity contribution in [3.63, 3.8) is 0 Å². The number of aryl methyl sites for hydroxylation is 2. The number of nitrogens with one attached hydrogen (secondary N) is 2. The van der Waals surface area contributed by atoms with Gasteiger partial charge < -0.3 is 44.4 Å². The molecule has 0 unspecified atom stereocenters. The molecule has 2 N–H and O–H groups in total. The summed E-state index contributed by atoms with van der Waals surface area (Å²) in [6.07, 6.45) is 11.0. The van der Waals surface area contributed by atoms with Crippen molar-refractivity contribution in [3.8, 4) is 11.5 Å². The van der Waals surface area contributed by atoms with E-state index in [-0.39, 0.29) is 59.8 Å². The van der Waals surface area contributed by atoms with Crippen molar-refractivity contribution in [2.24, 2.45) is 11.8 Å². The summed E-state index contributed by atoms with van der Waals surface area (Å²) in [6.45, 7) is 11.2. The average Bonchev–Trinajstić information content (AvgIpc) is 4.56. The summed E-state index contributed by atoms with van der Waals surface area (Å²) >= 11 is 39.9. The van der Waals surface area contributed by atoms with Crippen molar-refractivity contribution < 1.29 is 23.8 Å². The van der Waals surface area contributed by atoms with E-state index in [0.29, 0.717) is 94.1 Å². The highest BCUT2D eigenvalue weighted by Crippen LogP contribution is 2.42. The average molecular weight is 1270 g/mol. The van der Waals surface area contributed by atoms with Gasteiger partial charge in [-0.15, -0.1) is 0 Å². The van der Waals surface area contributed by atoms with Crippen molar-refractivity contribution in [1.29, 1.82) is 0 Å². The summed E-state index contributed by atoms with van der Waals surface area (Å²) in [5, 5.41) is 10.3. The van der Waals surface area contributed by atoms with Crippen molar-refractivity contribution >= 4 is 93.1 Å². The van der Waals surface area contributed by atoms with E-state index in [0.717, 1.165) is 134 Å². The van der Waals surface area contributed by atoms with Crippen LogP contribution in [0.2, 0.25) is 30.1 Å². The molecule has 2 amide bonds. The molecule has 2 saturated carbocycles. The maximum absolute atomic E-state index is 14.8. The van der Waals surface area contributed by atoms with Gasteiger partial charge in [0.05, 0.1) is 58.2 Å². The third kappa shape index (κ3) is 14.3. The minimum atomic E-state index is -0.244. The number of carbonyl (C=O) groups excluding carboxylic acids is 2. The number of rotatable bonds is 20. The molecule has 19 heteroatoms. The van der Waals surface area contributed by atoms with Gasteiger partial charge >= 0.3 is 0 Å². The molecule has 448 valence electrons. The topological polar surface area (TPSA) is 125 Å². The molecule has 0 spiro atoms. The first-order valence-electron chi connectivity index (χ1n) is 30.0. The van der Waals surface area contributed by atoms with Crippen molar-refractivity contribution in [2.45, 2.75) is 128 Å². The first-order valence-corrected chi connectivity index (χ1v) is 32.3. The predicted octanol–water partition coefficient (Wildman–Crippen LogP) is 13.8. The molecule has 6 aliphatic rings. The maximum atomic E-state index is 14.8. The molecular formula is C66H72Cl6N8O5. The SMILES string of the molecule is Cc1cc(Cl)c(O[C@@H]2CCN(c3ccc([C@H]4CCNC[C@@H]4C(=O)N(Cc4cc(COCc5ccc(Cl)c(CN(C(=O)[C@H]6CNCC[C@@H]6c6ccc(N7CC[C@@H](Oc8c(Cl)cc(C)cc8Cl)C7)nc6)C6CC6)c5)ccc4Cl)C4CC4)cn3)C2)c(Cl)c1. The van der Waals surface area contributed by atoms with Gasteiger partial charge in [-0.05, 0) is 170 Å². The minimum Gasteiger partial charge on any atom is -0.485 e. The number of amides is 2. The highest BCUT2D eigenvalue weighted by atomic mass is 35.5. The lowest BCUT2D eigenvalue weighted by Gasteiger charge is -2.36. The lowest BCUT2D eigenvalue weighted by Crippen LogP contribution is -2.47. The van der Waals surface area contributed by atoms with Crippen LogP contribution < -0.4 is 29.9 Å². The number of nitrogens with zero attached hydrogens (tertiary/aromatic N) is 6. The Kier molecular flexibility index (Phi) is 18.9.